The van der Waals surface area contributed by atoms with Crippen molar-refractivity contribution >= 4 is 12.0 Å². The Kier molecular flexibility index (Phi) is 6.27. The second-order valence-electron chi connectivity index (χ2n) is 6.01. The van der Waals surface area contributed by atoms with Gasteiger partial charge < -0.3 is 20.1 Å². The zero-order valence-electron chi connectivity index (χ0n) is 14.1. The van der Waals surface area contributed by atoms with Crippen molar-refractivity contribution in [2.24, 2.45) is 11.8 Å². The average Bonchev–Trinajstić information content (AvgIpc) is 3.05. The molecule has 2 atom stereocenters. The van der Waals surface area contributed by atoms with Crippen LogP contribution in [0.2, 0.25) is 0 Å². The van der Waals surface area contributed by atoms with Gasteiger partial charge >= 0.3 is 18.2 Å². The van der Waals surface area contributed by atoms with Gasteiger partial charge in [-0.25, -0.2) is 9.78 Å². The van der Waals surface area contributed by atoms with Gasteiger partial charge in [0.05, 0.1) is 18.4 Å². The maximum atomic E-state index is 12.9. The van der Waals surface area contributed by atoms with Crippen molar-refractivity contribution < 1.29 is 32.6 Å². The molecule has 26 heavy (non-hydrogen) atoms. The number of hydrogen-bond acceptors (Lipinski definition) is 4. The number of carboxylic acids is 1. The summed E-state index contributed by atoms with van der Waals surface area (Å²) in [6.45, 7) is 1.40. The normalized spacial score (nSPS) is 20.1. The Morgan fingerprint density at radius 3 is 2.62 bits per heavy atom. The number of pyridine rings is 1. The molecule has 10 heteroatoms. The Labute approximate surface area is 148 Å². The number of carbonyl (C=O) groups excluding carboxylic acids is 1. The number of hydrogen-bond donors (Lipinski definition) is 2. The lowest BCUT2D eigenvalue weighted by Crippen LogP contribution is -2.39. The summed E-state index contributed by atoms with van der Waals surface area (Å²) in [6, 6.07) is 2.57. The van der Waals surface area contributed by atoms with Crippen LogP contribution in [0.4, 0.5) is 18.0 Å². The van der Waals surface area contributed by atoms with E-state index in [9.17, 15) is 22.8 Å². The van der Waals surface area contributed by atoms with Crippen LogP contribution in [0, 0.1) is 11.8 Å². The molecule has 0 aromatic carbocycles. The summed E-state index contributed by atoms with van der Waals surface area (Å²) in [7, 11) is 0. The molecule has 7 nitrogen and oxygen atoms in total. The summed E-state index contributed by atoms with van der Waals surface area (Å²) in [5, 5.41) is 11.4. The van der Waals surface area contributed by atoms with Crippen molar-refractivity contribution in [2.45, 2.75) is 26.1 Å². The summed E-state index contributed by atoms with van der Waals surface area (Å²) < 4.78 is 44.2. The molecule has 0 radical (unpaired) electrons. The van der Waals surface area contributed by atoms with Gasteiger partial charge in [0.2, 0.25) is 5.88 Å². The molecule has 2 amide bonds. The van der Waals surface area contributed by atoms with Gasteiger partial charge in [-0.15, -0.1) is 0 Å². The molecule has 0 spiro atoms. The number of rotatable bonds is 6. The topological polar surface area (TPSA) is 91.8 Å². The zero-order chi connectivity index (χ0) is 19.3. The Morgan fingerprint density at radius 2 is 2.12 bits per heavy atom. The van der Waals surface area contributed by atoms with Crippen molar-refractivity contribution in [2.75, 3.05) is 19.7 Å². The number of nitrogens with zero attached hydrogens (tertiary/aromatic N) is 2. The summed E-state index contributed by atoms with van der Waals surface area (Å²) in [5.74, 6) is -4.84. The Morgan fingerprint density at radius 1 is 1.38 bits per heavy atom. The Bertz CT molecular complexity index is 637. The van der Waals surface area contributed by atoms with E-state index in [1.54, 1.807) is 12.1 Å². The smallest absolute Gasteiger partial charge is 0.394 e. The number of carbonyl (C=O) groups is 2. The molecule has 0 saturated carbocycles. The highest BCUT2D eigenvalue weighted by Gasteiger charge is 2.53. The third-order valence-electron chi connectivity index (χ3n) is 4.04. The molecular weight excluding hydrogens is 355 g/mol. The SMILES string of the molecule is CCCOc1ccc(CNC(=O)N2C[C@@H](C(F)(F)F)[C@H](C(=O)O)C2)cn1. The van der Waals surface area contributed by atoms with Gasteiger partial charge in [-0.05, 0) is 12.0 Å². The van der Waals surface area contributed by atoms with Crippen LogP contribution in [0.3, 0.4) is 0 Å². The second-order valence-corrected chi connectivity index (χ2v) is 6.01. The molecular formula is C16H20F3N3O4. The molecule has 0 unspecified atom stereocenters. The van der Waals surface area contributed by atoms with E-state index in [0.717, 1.165) is 11.3 Å². The summed E-state index contributed by atoms with van der Waals surface area (Å²) in [4.78, 5) is 28.0. The summed E-state index contributed by atoms with van der Waals surface area (Å²) in [6.07, 6.45) is -2.34. The number of urea groups is 1. The third kappa shape index (κ3) is 4.99. The van der Waals surface area contributed by atoms with E-state index in [1.165, 1.54) is 6.20 Å². The van der Waals surface area contributed by atoms with Crippen molar-refractivity contribution in [3.63, 3.8) is 0 Å². The molecule has 144 valence electrons. The van der Waals surface area contributed by atoms with E-state index < -0.39 is 43.1 Å². The molecule has 1 fully saturated rings. The van der Waals surface area contributed by atoms with Gasteiger partial charge in [-0.3, -0.25) is 4.79 Å². The number of aromatic nitrogens is 1. The highest BCUT2D eigenvalue weighted by molar-refractivity contribution is 5.77. The van der Waals surface area contributed by atoms with E-state index >= 15 is 0 Å². The standard InChI is InChI=1S/C16H20F3N3O4/c1-2-5-26-13-4-3-10(6-20-13)7-21-15(25)22-8-11(14(23)24)12(9-22)16(17,18)19/h3-4,6,11-12H,2,5,7-9H2,1H3,(H,21,25)(H,23,24)/t11-,12-/m1/s1. The average molecular weight is 375 g/mol. The third-order valence-corrected chi connectivity index (χ3v) is 4.04. The number of nitrogens with one attached hydrogen (secondary N) is 1. The van der Waals surface area contributed by atoms with Gasteiger partial charge in [0.25, 0.3) is 0 Å². The van der Waals surface area contributed by atoms with E-state index in [4.69, 9.17) is 9.84 Å². The van der Waals surface area contributed by atoms with Crippen LogP contribution >= 0.6 is 0 Å². The van der Waals surface area contributed by atoms with E-state index in [1.807, 2.05) is 6.92 Å². The van der Waals surface area contributed by atoms with Crippen LogP contribution in [0.15, 0.2) is 18.3 Å². The van der Waals surface area contributed by atoms with E-state index in [2.05, 4.69) is 10.3 Å². The summed E-state index contributed by atoms with van der Waals surface area (Å²) in [5.41, 5.74) is 0.642. The first-order valence-corrected chi connectivity index (χ1v) is 8.12. The van der Waals surface area contributed by atoms with Gasteiger partial charge in [0, 0.05) is 31.9 Å². The Hall–Kier alpha value is -2.52. The maximum Gasteiger partial charge on any atom is 0.394 e. The minimum absolute atomic E-state index is 0.0603. The highest BCUT2D eigenvalue weighted by atomic mass is 19.4. The summed E-state index contributed by atoms with van der Waals surface area (Å²) >= 11 is 0. The number of halogens is 3. The molecule has 1 aliphatic rings. The number of amides is 2. The lowest BCUT2D eigenvalue weighted by Gasteiger charge is -2.18. The molecule has 2 N–H and O–H groups in total. The zero-order valence-corrected chi connectivity index (χ0v) is 14.1. The highest BCUT2D eigenvalue weighted by Crippen LogP contribution is 2.37. The van der Waals surface area contributed by atoms with Crippen molar-refractivity contribution in [3.05, 3.63) is 23.9 Å². The molecule has 1 aliphatic heterocycles. The van der Waals surface area contributed by atoms with Crippen LogP contribution in [0.25, 0.3) is 0 Å². The second kappa shape index (κ2) is 8.24. The van der Waals surface area contributed by atoms with Crippen LogP contribution < -0.4 is 10.1 Å². The number of ether oxygens (including phenoxy) is 1. The monoisotopic (exact) mass is 375 g/mol. The number of aliphatic carboxylic acids is 1. The predicted molar refractivity (Wildman–Crippen MR) is 84.5 cm³/mol. The number of carboxylic acid groups (broad SMARTS) is 1. The Balaban J connectivity index is 1.90. The minimum atomic E-state index is -4.67. The minimum Gasteiger partial charge on any atom is -0.481 e. The first-order chi connectivity index (χ1) is 12.2. The van der Waals surface area contributed by atoms with Crippen molar-refractivity contribution in [1.29, 1.82) is 0 Å². The molecule has 1 aromatic rings. The lowest BCUT2D eigenvalue weighted by molar-refractivity contribution is -0.187. The molecule has 1 aromatic heterocycles. The molecule has 0 bridgehead atoms. The maximum absolute atomic E-state index is 12.9. The molecule has 1 saturated heterocycles. The fourth-order valence-corrected chi connectivity index (χ4v) is 2.65. The van der Waals surface area contributed by atoms with Crippen molar-refractivity contribution in [3.8, 4) is 5.88 Å². The fourth-order valence-electron chi connectivity index (χ4n) is 2.65. The number of alkyl halides is 3. The first-order valence-electron chi connectivity index (χ1n) is 8.12. The van der Waals surface area contributed by atoms with E-state index in [0.29, 0.717) is 18.1 Å². The number of likely N-dealkylation sites (tertiary alicyclic amines) is 1. The first kappa shape index (κ1) is 19.8. The predicted octanol–water partition coefficient (Wildman–Crippen LogP) is 2.27. The van der Waals surface area contributed by atoms with Gasteiger partial charge in [0.15, 0.2) is 0 Å². The van der Waals surface area contributed by atoms with Crippen molar-refractivity contribution in [1.82, 2.24) is 15.2 Å². The molecule has 0 aliphatic carbocycles. The van der Waals surface area contributed by atoms with Crippen LogP contribution in [0.1, 0.15) is 18.9 Å². The molecule has 2 rings (SSSR count). The van der Waals surface area contributed by atoms with Gasteiger partial charge in [-0.1, -0.05) is 13.0 Å². The largest absolute Gasteiger partial charge is 0.481 e. The van der Waals surface area contributed by atoms with Crippen LogP contribution in [-0.2, 0) is 11.3 Å². The molecule has 2 heterocycles. The lowest BCUT2D eigenvalue weighted by atomic mass is 9.96. The van der Waals surface area contributed by atoms with Crippen LogP contribution in [-0.4, -0.2) is 52.9 Å². The quantitative estimate of drug-likeness (QED) is 0.796. The van der Waals surface area contributed by atoms with E-state index in [-0.39, 0.29) is 6.54 Å². The fraction of sp³-hybridized carbons (Fsp3) is 0.562. The van der Waals surface area contributed by atoms with Crippen LogP contribution in [0.5, 0.6) is 5.88 Å². The van der Waals surface area contributed by atoms with Gasteiger partial charge in [-0.2, -0.15) is 13.2 Å². The van der Waals surface area contributed by atoms with Gasteiger partial charge in [0.1, 0.15) is 0 Å².